The van der Waals surface area contributed by atoms with Gasteiger partial charge >= 0.3 is 0 Å². The van der Waals surface area contributed by atoms with E-state index in [1.165, 1.54) is 16.0 Å². The Hall–Kier alpha value is -2.95. The first kappa shape index (κ1) is 21.8. The van der Waals surface area contributed by atoms with Gasteiger partial charge in [0.25, 0.3) is 0 Å². The number of carbonyl (C=O) groups excluding carboxylic acids is 3. The Bertz CT molecular complexity index is 971. The first-order valence-corrected chi connectivity index (χ1v) is 10.5. The summed E-state index contributed by atoms with van der Waals surface area (Å²) >= 11 is 0. The van der Waals surface area contributed by atoms with Gasteiger partial charge in [0.1, 0.15) is 0 Å². The van der Waals surface area contributed by atoms with E-state index in [9.17, 15) is 14.4 Å². The predicted molar refractivity (Wildman–Crippen MR) is 119 cm³/mol. The van der Waals surface area contributed by atoms with Crippen molar-refractivity contribution < 1.29 is 14.4 Å². The Morgan fingerprint density at radius 2 is 1.60 bits per heavy atom. The summed E-state index contributed by atoms with van der Waals surface area (Å²) in [6, 6.07) is 9.89. The highest BCUT2D eigenvalue weighted by molar-refractivity contribution is 5.99. The number of hydrogen-bond acceptors (Lipinski definition) is 3. The van der Waals surface area contributed by atoms with Crippen LogP contribution in [-0.2, 0) is 22.4 Å². The van der Waals surface area contributed by atoms with E-state index in [1.54, 1.807) is 7.05 Å². The van der Waals surface area contributed by atoms with Crippen LogP contribution in [0.15, 0.2) is 30.3 Å². The molecule has 0 atom stereocenters. The van der Waals surface area contributed by atoms with Crippen molar-refractivity contribution in [1.82, 2.24) is 4.90 Å². The lowest BCUT2D eigenvalue weighted by Gasteiger charge is -2.18. The molecule has 0 heterocycles. The molecular formula is C25H30N2O3. The molecule has 3 rings (SSSR count). The third kappa shape index (κ3) is 5.15. The largest absolute Gasteiger partial charge is 0.336 e. The Morgan fingerprint density at radius 3 is 2.30 bits per heavy atom. The van der Waals surface area contributed by atoms with Gasteiger partial charge in [-0.25, -0.2) is 0 Å². The zero-order chi connectivity index (χ0) is 21.8. The summed E-state index contributed by atoms with van der Waals surface area (Å²) in [7, 11) is 1.59. The smallest absolute Gasteiger partial charge is 0.243 e. The van der Waals surface area contributed by atoms with E-state index in [2.05, 4.69) is 5.32 Å². The Kier molecular flexibility index (Phi) is 6.70. The van der Waals surface area contributed by atoms with E-state index >= 15 is 0 Å². The monoisotopic (exact) mass is 406 g/mol. The quantitative estimate of drug-likeness (QED) is 0.702. The molecule has 0 radical (unpaired) electrons. The van der Waals surface area contributed by atoms with Gasteiger partial charge in [0.2, 0.25) is 11.8 Å². The average Bonchev–Trinajstić information content (AvgIpc) is 3.16. The Morgan fingerprint density at radius 1 is 0.933 bits per heavy atom. The number of amides is 2. The SMILES string of the molecule is Cc1cc(C)c(NC(=O)CN(C)C(=O)CCC(=O)c2ccc3c(c2)CCC3)c(C)c1. The molecule has 0 bridgehead atoms. The second kappa shape index (κ2) is 9.24. The molecule has 30 heavy (non-hydrogen) atoms. The van der Waals surface area contributed by atoms with Crippen LogP contribution >= 0.6 is 0 Å². The Labute approximate surface area is 178 Å². The highest BCUT2D eigenvalue weighted by atomic mass is 16.2. The van der Waals surface area contributed by atoms with Crippen LogP contribution in [0.1, 0.15) is 57.4 Å². The van der Waals surface area contributed by atoms with Crippen LogP contribution < -0.4 is 5.32 Å². The number of ketones is 1. The minimum Gasteiger partial charge on any atom is -0.336 e. The number of nitrogens with zero attached hydrogens (tertiary/aromatic N) is 1. The van der Waals surface area contributed by atoms with Gasteiger partial charge in [0, 0.05) is 31.1 Å². The summed E-state index contributed by atoms with van der Waals surface area (Å²) in [5.74, 6) is -0.482. The number of anilines is 1. The van der Waals surface area contributed by atoms with E-state index in [0.29, 0.717) is 5.56 Å². The van der Waals surface area contributed by atoms with E-state index < -0.39 is 0 Å². The first-order valence-electron chi connectivity index (χ1n) is 10.5. The lowest BCUT2D eigenvalue weighted by Crippen LogP contribution is -2.35. The number of likely N-dealkylation sites (N-methyl/N-ethyl adjacent to an activating group) is 1. The Balaban J connectivity index is 1.51. The molecule has 1 aliphatic rings. The lowest BCUT2D eigenvalue weighted by atomic mass is 10.0. The van der Waals surface area contributed by atoms with Crippen molar-refractivity contribution in [1.29, 1.82) is 0 Å². The van der Waals surface area contributed by atoms with Gasteiger partial charge in [0.05, 0.1) is 6.54 Å². The number of carbonyl (C=O) groups is 3. The lowest BCUT2D eigenvalue weighted by molar-refractivity contribution is -0.133. The molecule has 5 heteroatoms. The molecule has 0 saturated carbocycles. The number of benzene rings is 2. The molecule has 0 aliphatic heterocycles. The van der Waals surface area contributed by atoms with Crippen molar-refractivity contribution in [3.8, 4) is 0 Å². The van der Waals surface area contributed by atoms with E-state index in [1.807, 2.05) is 51.1 Å². The van der Waals surface area contributed by atoms with Crippen molar-refractivity contribution in [3.63, 3.8) is 0 Å². The summed E-state index contributed by atoms with van der Waals surface area (Å²) in [6.45, 7) is 5.88. The van der Waals surface area contributed by atoms with Crippen molar-refractivity contribution in [2.24, 2.45) is 0 Å². The van der Waals surface area contributed by atoms with Crippen molar-refractivity contribution in [2.45, 2.75) is 52.9 Å². The summed E-state index contributed by atoms with van der Waals surface area (Å²) < 4.78 is 0. The first-order chi connectivity index (χ1) is 14.2. The number of Topliss-reactive ketones (excluding diaryl/α,β-unsaturated/α-hetero) is 1. The number of fused-ring (bicyclic) bond motifs is 1. The topological polar surface area (TPSA) is 66.5 Å². The van der Waals surface area contributed by atoms with Crippen molar-refractivity contribution >= 4 is 23.3 Å². The van der Waals surface area contributed by atoms with Crippen LogP contribution in [0.5, 0.6) is 0 Å². The molecule has 0 saturated heterocycles. The normalized spacial score (nSPS) is 12.4. The molecule has 158 valence electrons. The third-order valence-corrected chi connectivity index (χ3v) is 5.73. The summed E-state index contributed by atoms with van der Waals surface area (Å²) in [5.41, 5.74) is 7.18. The number of rotatable bonds is 7. The third-order valence-electron chi connectivity index (χ3n) is 5.73. The van der Waals surface area contributed by atoms with E-state index in [4.69, 9.17) is 0 Å². The van der Waals surface area contributed by atoms with Crippen LogP contribution in [0, 0.1) is 20.8 Å². The maximum Gasteiger partial charge on any atom is 0.243 e. The second-order valence-electron chi connectivity index (χ2n) is 8.33. The zero-order valence-electron chi connectivity index (χ0n) is 18.3. The van der Waals surface area contributed by atoms with Gasteiger partial charge in [-0.2, -0.15) is 0 Å². The van der Waals surface area contributed by atoms with E-state index in [0.717, 1.165) is 41.6 Å². The highest BCUT2D eigenvalue weighted by Gasteiger charge is 2.18. The van der Waals surface area contributed by atoms with Crippen LogP contribution in [-0.4, -0.2) is 36.1 Å². The van der Waals surface area contributed by atoms with Crippen LogP contribution in [0.25, 0.3) is 0 Å². The number of hydrogen-bond donors (Lipinski definition) is 1. The highest BCUT2D eigenvalue weighted by Crippen LogP contribution is 2.24. The molecule has 1 aliphatic carbocycles. The molecule has 2 aromatic rings. The maximum atomic E-state index is 12.5. The van der Waals surface area contributed by atoms with Crippen LogP contribution in [0.4, 0.5) is 5.69 Å². The fourth-order valence-electron chi connectivity index (χ4n) is 4.16. The van der Waals surface area contributed by atoms with E-state index in [-0.39, 0.29) is 37.0 Å². The van der Waals surface area contributed by atoms with Gasteiger partial charge in [-0.05, 0) is 68.4 Å². The molecule has 1 N–H and O–H groups in total. The molecule has 5 nitrogen and oxygen atoms in total. The average molecular weight is 407 g/mol. The minimum absolute atomic E-state index is 0.0261. The van der Waals surface area contributed by atoms with Crippen molar-refractivity contribution in [2.75, 3.05) is 18.9 Å². The van der Waals surface area contributed by atoms with Gasteiger partial charge in [0.15, 0.2) is 5.78 Å². The fraction of sp³-hybridized carbons (Fsp3) is 0.400. The molecule has 2 aromatic carbocycles. The fourth-order valence-corrected chi connectivity index (χ4v) is 4.16. The standard InChI is InChI=1S/C25H30N2O3/c1-16-12-17(2)25(18(3)13-16)26-23(29)15-27(4)24(30)11-10-22(28)21-9-8-19-6-5-7-20(19)14-21/h8-9,12-14H,5-7,10-11,15H2,1-4H3,(H,26,29). The number of aryl methyl sites for hydroxylation is 5. The minimum atomic E-state index is -0.245. The molecule has 0 spiro atoms. The van der Waals surface area contributed by atoms with Crippen molar-refractivity contribution in [3.05, 3.63) is 63.7 Å². The predicted octanol–water partition coefficient (Wildman–Crippen LogP) is 4.16. The van der Waals surface area contributed by atoms with Crippen LogP contribution in [0.3, 0.4) is 0 Å². The number of nitrogens with one attached hydrogen (secondary N) is 1. The van der Waals surface area contributed by atoms with Gasteiger partial charge < -0.3 is 10.2 Å². The van der Waals surface area contributed by atoms with Gasteiger partial charge in [-0.15, -0.1) is 0 Å². The summed E-state index contributed by atoms with van der Waals surface area (Å²) in [4.78, 5) is 38.7. The summed E-state index contributed by atoms with van der Waals surface area (Å²) in [5, 5.41) is 2.91. The second-order valence-corrected chi connectivity index (χ2v) is 8.33. The zero-order valence-corrected chi connectivity index (χ0v) is 18.3. The van der Waals surface area contributed by atoms with Crippen LogP contribution in [0.2, 0.25) is 0 Å². The molecule has 0 fully saturated rings. The van der Waals surface area contributed by atoms with Gasteiger partial charge in [-0.3, -0.25) is 14.4 Å². The molecule has 0 aromatic heterocycles. The molecule has 2 amide bonds. The molecular weight excluding hydrogens is 376 g/mol. The molecule has 0 unspecified atom stereocenters. The van der Waals surface area contributed by atoms with Gasteiger partial charge in [-0.1, -0.05) is 29.8 Å². The summed E-state index contributed by atoms with van der Waals surface area (Å²) in [6.07, 6.45) is 3.49. The maximum absolute atomic E-state index is 12.5.